The fourth-order valence-corrected chi connectivity index (χ4v) is 2.66. The van der Waals surface area contributed by atoms with E-state index in [0.717, 1.165) is 18.1 Å². The van der Waals surface area contributed by atoms with Crippen LogP contribution < -0.4 is 10.6 Å². The number of amides is 1. The third-order valence-electron chi connectivity index (χ3n) is 2.90. The zero-order chi connectivity index (χ0) is 13.6. The summed E-state index contributed by atoms with van der Waals surface area (Å²) in [5.74, 6) is 1.74. The summed E-state index contributed by atoms with van der Waals surface area (Å²) < 4.78 is 4.69. The number of carbonyl (C=O) groups is 2. The van der Waals surface area contributed by atoms with Gasteiger partial charge in [-0.2, -0.15) is 11.8 Å². The third kappa shape index (κ3) is 4.86. The average molecular weight is 274 g/mol. The average Bonchev–Trinajstić information content (AvgIpc) is 2.36. The molecule has 1 aliphatic heterocycles. The number of rotatable bonds is 5. The minimum Gasteiger partial charge on any atom is -0.469 e. The smallest absolute Gasteiger partial charge is 0.313 e. The molecule has 6 heteroatoms. The van der Waals surface area contributed by atoms with Crippen LogP contribution in [0.25, 0.3) is 0 Å². The molecule has 104 valence electrons. The Hall–Kier alpha value is -0.750. The van der Waals surface area contributed by atoms with E-state index in [1.54, 1.807) is 13.8 Å². The second-order valence-electron chi connectivity index (χ2n) is 5.08. The number of methoxy groups -OCH3 is 1. The van der Waals surface area contributed by atoms with Gasteiger partial charge in [-0.15, -0.1) is 0 Å². The van der Waals surface area contributed by atoms with Crippen molar-refractivity contribution in [3.63, 3.8) is 0 Å². The SMILES string of the molecule is COC(=O)C(C)(C)CNC(=O)CC1CSCCN1. The van der Waals surface area contributed by atoms with Gasteiger partial charge in [-0.3, -0.25) is 9.59 Å². The van der Waals surface area contributed by atoms with E-state index in [1.807, 2.05) is 11.8 Å². The monoisotopic (exact) mass is 274 g/mol. The molecule has 0 aliphatic carbocycles. The van der Waals surface area contributed by atoms with E-state index in [9.17, 15) is 9.59 Å². The van der Waals surface area contributed by atoms with Gasteiger partial charge in [0.15, 0.2) is 0 Å². The van der Waals surface area contributed by atoms with Gasteiger partial charge < -0.3 is 15.4 Å². The van der Waals surface area contributed by atoms with Gasteiger partial charge in [0.2, 0.25) is 5.91 Å². The largest absolute Gasteiger partial charge is 0.469 e. The Labute approximate surface area is 112 Å². The fraction of sp³-hybridized carbons (Fsp3) is 0.833. The van der Waals surface area contributed by atoms with Crippen molar-refractivity contribution < 1.29 is 14.3 Å². The quantitative estimate of drug-likeness (QED) is 0.710. The highest BCUT2D eigenvalue weighted by Gasteiger charge is 2.29. The van der Waals surface area contributed by atoms with Gasteiger partial charge in [-0.1, -0.05) is 0 Å². The fourth-order valence-electron chi connectivity index (χ4n) is 1.71. The van der Waals surface area contributed by atoms with Crippen LogP contribution in [0.3, 0.4) is 0 Å². The van der Waals surface area contributed by atoms with E-state index >= 15 is 0 Å². The molecule has 1 saturated heterocycles. The zero-order valence-corrected chi connectivity index (χ0v) is 12.1. The minimum atomic E-state index is -0.681. The summed E-state index contributed by atoms with van der Waals surface area (Å²) >= 11 is 1.86. The lowest BCUT2D eigenvalue weighted by Gasteiger charge is -2.24. The van der Waals surface area contributed by atoms with Crippen LogP contribution in [0.5, 0.6) is 0 Å². The first-order chi connectivity index (χ1) is 8.45. The Morgan fingerprint density at radius 3 is 2.78 bits per heavy atom. The number of nitrogens with one attached hydrogen (secondary N) is 2. The van der Waals surface area contributed by atoms with Crippen molar-refractivity contribution in [2.45, 2.75) is 26.3 Å². The standard InChI is InChI=1S/C12H22N2O3S/c1-12(2,11(16)17-3)8-14-10(15)6-9-7-18-5-4-13-9/h9,13H,4-8H2,1-3H3,(H,14,15). The molecule has 1 unspecified atom stereocenters. The maximum absolute atomic E-state index is 11.8. The summed E-state index contributed by atoms with van der Waals surface area (Å²) in [6, 6.07) is 0.241. The van der Waals surface area contributed by atoms with Crippen LogP contribution in [0, 0.1) is 5.41 Å². The second-order valence-corrected chi connectivity index (χ2v) is 6.23. The van der Waals surface area contributed by atoms with Crippen molar-refractivity contribution in [1.82, 2.24) is 10.6 Å². The molecule has 0 aromatic carbocycles. The summed E-state index contributed by atoms with van der Waals surface area (Å²) in [5, 5.41) is 6.10. The number of hydrogen-bond acceptors (Lipinski definition) is 5. The molecular weight excluding hydrogens is 252 g/mol. The highest BCUT2D eigenvalue weighted by Crippen LogP contribution is 2.15. The van der Waals surface area contributed by atoms with Crippen LogP contribution in [-0.4, -0.2) is 49.6 Å². The maximum atomic E-state index is 11.8. The molecule has 2 N–H and O–H groups in total. The van der Waals surface area contributed by atoms with Gasteiger partial charge in [0.1, 0.15) is 0 Å². The number of hydrogen-bond donors (Lipinski definition) is 2. The predicted molar refractivity (Wildman–Crippen MR) is 72.5 cm³/mol. The Balaban J connectivity index is 2.29. The maximum Gasteiger partial charge on any atom is 0.313 e. The van der Waals surface area contributed by atoms with Crippen LogP contribution in [-0.2, 0) is 14.3 Å². The molecule has 0 spiro atoms. The van der Waals surface area contributed by atoms with Crippen LogP contribution in [0.1, 0.15) is 20.3 Å². The molecule has 1 amide bonds. The lowest BCUT2D eigenvalue weighted by molar-refractivity contribution is -0.150. The van der Waals surface area contributed by atoms with Crippen LogP contribution >= 0.6 is 11.8 Å². The molecule has 1 heterocycles. The first-order valence-corrected chi connectivity index (χ1v) is 7.27. The Kier molecular flexibility index (Phi) is 5.95. The number of ether oxygens (including phenoxy) is 1. The highest BCUT2D eigenvalue weighted by atomic mass is 32.2. The topological polar surface area (TPSA) is 67.4 Å². The molecule has 0 saturated carbocycles. The molecule has 0 radical (unpaired) electrons. The Bertz CT molecular complexity index is 302. The summed E-state index contributed by atoms with van der Waals surface area (Å²) in [7, 11) is 1.36. The van der Waals surface area contributed by atoms with Crippen molar-refractivity contribution in [2.75, 3.05) is 31.7 Å². The van der Waals surface area contributed by atoms with Crippen molar-refractivity contribution >= 4 is 23.6 Å². The normalized spacial score (nSPS) is 20.3. The van der Waals surface area contributed by atoms with E-state index in [4.69, 9.17) is 4.74 Å². The summed E-state index contributed by atoms with van der Waals surface area (Å²) in [5.41, 5.74) is -0.681. The van der Waals surface area contributed by atoms with Crippen molar-refractivity contribution in [2.24, 2.45) is 5.41 Å². The first kappa shape index (κ1) is 15.3. The molecular formula is C12H22N2O3S. The van der Waals surface area contributed by atoms with Gasteiger partial charge >= 0.3 is 5.97 Å². The van der Waals surface area contributed by atoms with Gasteiger partial charge in [0, 0.05) is 37.1 Å². The lowest BCUT2D eigenvalue weighted by Crippen LogP contribution is -2.44. The van der Waals surface area contributed by atoms with Crippen molar-refractivity contribution in [3.05, 3.63) is 0 Å². The van der Waals surface area contributed by atoms with Gasteiger partial charge in [-0.05, 0) is 13.8 Å². The second kappa shape index (κ2) is 6.99. The van der Waals surface area contributed by atoms with Crippen LogP contribution in [0.4, 0.5) is 0 Å². The number of thioether (sulfide) groups is 1. The zero-order valence-electron chi connectivity index (χ0n) is 11.2. The van der Waals surface area contributed by atoms with E-state index in [0.29, 0.717) is 13.0 Å². The summed E-state index contributed by atoms with van der Waals surface area (Å²) in [6.07, 6.45) is 0.463. The van der Waals surface area contributed by atoms with E-state index in [1.165, 1.54) is 7.11 Å². The van der Waals surface area contributed by atoms with Crippen molar-refractivity contribution in [3.8, 4) is 0 Å². The predicted octanol–water partition coefficient (Wildman–Crippen LogP) is 0.397. The van der Waals surface area contributed by atoms with Gasteiger partial charge in [0.25, 0.3) is 0 Å². The van der Waals surface area contributed by atoms with Crippen LogP contribution in [0.2, 0.25) is 0 Å². The van der Waals surface area contributed by atoms with Gasteiger partial charge in [-0.25, -0.2) is 0 Å². The first-order valence-electron chi connectivity index (χ1n) is 6.12. The molecule has 1 atom stereocenters. The lowest BCUT2D eigenvalue weighted by atomic mass is 9.93. The molecule has 1 fully saturated rings. The molecule has 0 bridgehead atoms. The van der Waals surface area contributed by atoms with Gasteiger partial charge in [0.05, 0.1) is 12.5 Å². The molecule has 18 heavy (non-hydrogen) atoms. The van der Waals surface area contributed by atoms with E-state index in [-0.39, 0.29) is 17.9 Å². The Morgan fingerprint density at radius 2 is 2.22 bits per heavy atom. The third-order valence-corrected chi connectivity index (χ3v) is 4.03. The summed E-state index contributed by atoms with van der Waals surface area (Å²) in [6.45, 7) is 4.77. The molecule has 1 aliphatic rings. The number of carbonyl (C=O) groups excluding carboxylic acids is 2. The van der Waals surface area contributed by atoms with E-state index in [2.05, 4.69) is 10.6 Å². The van der Waals surface area contributed by atoms with Crippen molar-refractivity contribution in [1.29, 1.82) is 0 Å². The molecule has 0 aromatic rings. The number of esters is 1. The Morgan fingerprint density at radius 1 is 1.50 bits per heavy atom. The summed E-state index contributed by atoms with van der Waals surface area (Å²) in [4.78, 5) is 23.2. The molecule has 5 nitrogen and oxygen atoms in total. The van der Waals surface area contributed by atoms with E-state index < -0.39 is 5.41 Å². The highest BCUT2D eigenvalue weighted by molar-refractivity contribution is 7.99. The molecule has 0 aromatic heterocycles. The minimum absolute atomic E-state index is 0.0213. The van der Waals surface area contributed by atoms with Crippen LogP contribution in [0.15, 0.2) is 0 Å². The molecule has 1 rings (SSSR count).